The molecule has 1 radical (unpaired) electrons. The van der Waals surface area contributed by atoms with Crippen LogP contribution in [0.4, 0.5) is 0 Å². The third kappa shape index (κ3) is 11.2. The van der Waals surface area contributed by atoms with Gasteiger partial charge < -0.3 is 4.74 Å². The molecule has 1 nitrogen and oxygen atoms in total. The molecule has 0 aliphatic rings. The maximum atomic E-state index is 5.02. The third-order valence-electron chi connectivity index (χ3n) is 4.63. The van der Waals surface area contributed by atoms with E-state index < -0.39 is 0 Å². The zero-order valence-electron chi connectivity index (χ0n) is 15.3. The van der Waals surface area contributed by atoms with Crippen molar-refractivity contribution in [3.05, 3.63) is 36.9 Å². The lowest BCUT2D eigenvalue weighted by molar-refractivity contribution is 0.472. The average molecular weight is 318 g/mol. The van der Waals surface area contributed by atoms with Crippen LogP contribution in [0.25, 0.3) is 0 Å². The van der Waals surface area contributed by atoms with Crippen LogP contribution in [0.15, 0.2) is 24.3 Å². The van der Waals surface area contributed by atoms with Gasteiger partial charge in [-0.1, -0.05) is 96.1 Å². The summed E-state index contributed by atoms with van der Waals surface area (Å²) >= 11 is 0. The molecule has 0 aliphatic heterocycles. The van der Waals surface area contributed by atoms with E-state index in [4.69, 9.17) is 4.74 Å². The summed E-state index contributed by atoms with van der Waals surface area (Å²) < 4.78 is 5.02. The van der Waals surface area contributed by atoms with Crippen LogP contribution >= 0.6 is 0 Å². The van der Waals surface area contributed by atoms with Crippen LogP contribution in [0, 0.1) is 7.11 Å². The van der Waals surface area contributed by atoms with Gasteiger partial charge in [-0.3, -0.25) is 0 Å². The molecule has 1 heteroatoms. The highest BCUT2D eigenvalue weighted by atomic mass is 16.5. The summed E-state index contributed by atoms with van der Waals surface area (Å²) in [5.74, 6) is 0.872. The Hall–Kier alpha value is -0.980. The largest absolute Gasteiger partial charge is 0.490 e. The number of hydrogen-bond donors (Lipinski definition) is 0. The first-order chi connectivity index (χ1) is 11.4. The second-order valence-electron chi connectivity index (χ2n) is 6.78. The summed E-state index contributed by atoms with van der Waals surface area (Å²) in [6.45, 7) is 2.29. The van der Waals surface area contributed by atoms with Crippen LogP contribution in [-0.4, -0.2) is 0 Å². The normalized spacial score (nSPS) is 10.9. The van der Waals surface area contributed by atoms with Gasteiger partial charge in [-0.15, -0.1) is 0 Å². The lowest BCUT2D eigenvalue weighted by Crippen LogP contribution is -1.88. The first-order valence-electron chi connectivity index (χ1n) is 9.87. The summed E-state index contributed by atoms with van der Waals surface area (Å²) in [5, 5.41) is 0. The zero-order chi connectivity index (χ0) is 16.6. The van der Waals surface area contributed by atoms with Crippen molar-refractivity contribution in [2.75, 3.05) is 0 Å². The predicted molar refractivity (Wildman–Crippen MR) is 102 cm³/mol. The zero-order valence-corrected chi connectivity index (χ0v) is 15.3. The van der Waals surface area contributed by atoms with Crippen molar-refractivity contribution in [2.24, 2.45) is 0 Å². The fraction of sp³-hybridized carbons (Fsp3) is 0.682. The Kier molecular flexibility index (Phi) is 12.7. The highest BCUT2D eigenvalue weighted by molar-refractivity contribution is 5.28. The highest BCUT2D eigenvalue weighted by Crippen LogP contribution is 2.16. The van der Waals surface area contributed by atoms with Gasteiger partial charge in [0, 0.05) is 0 Å². The number of ether oxygens (including phenoxy) is 1. The van der Waals surface area contributed by atoms with E-state index in [9.17, 15) is 0 Å². The van der Waals surface area contributed by atoms with Gasteiger partial charge in [0.05, 0.1) is 0 Å². The number of hydrogen-bond acceptors (Lipinski definition) is 1. The van der Waals surface area contributed by atoms with Crippen molar-refractivity contribution in [3.63, 3.8) is 0 Å². The van der Waals surface area contributed by atoms with Gasteiger partial charge in [0.25, 0.3) is 0 Å². The second kappa shape index (κ2) is 14.6. The Labute approximate surface area is 144 Å². The summed E-state index contributed by atoms with van der Waals surface area (Å²) in [6, 6.07) is 8.30. The summed E-state index contributed by atoms with van der Waals surface area (Å²) in [5.41, 5.74) is 1.37. The average Bonchev–Trinajstić information content (AvgIpc) is 2.59. The van der Waals surface area contributed by atoms with E-state index in [1.807, 2.05) is 6.07 Å². The molecular formula is C22H37O. The molecular weight excluding hydrogens is 280 g/mol. The number of aryl methyl sites for hydroxylation is 1. The van der Waals surface area contributed by atoms with E-state index in [1.165, 1.54) is 89.0 Å². The van der Waals surface area contributed by atoms with Gasteiger partial charge in [0.2, 0.25) is 0 Å². The lowest BCUT2D eigenvalue weighted by atomic mass is 10.0. The van der Waals surface area contributed by atoms with Gasteiger partial charge in [-0.25, -0.2) is 0 Å². The molecule has 0 atom stereocenters. The quantitative estimate of drug-likeness (QED) is 0.304. The van der Waals surface area contributed by atoms with Crippen molar-refractivity contribution >= 4 is 0 Å². The first-order valence-corrected chi connectivity index (χ1v) is 9.87. The second-order valence-corrected chi connectivity index (χ2v) is 6.78. The lowest BCUT2D eigenvalue weighted by Gasteiger charge is -2.05. The molecule has 0 spiro atoms. The summed E-state index contributed by atoms with van der Waals surface area (Å²) in [4.78, 5) is 0. The van der Waals surface area contributed by atoms with Crippen LogP contribution in [0.3, 0.4) is 0 Å². The molecule has 0 heterocycles. The Morgan fingerprint density at radius 2 is 1.26 bits per heavy atom. The Balaban J connectivity index is 1.84. The van der Waals surface area contributed by atoms with Crippen molar-refractivity contribution in [1.82, 2.24) is 0 Å². The van der Waals surface area contributed by atoms with Gasteiger partial charge >= 0.3 is 0 Å². The van der Waals surface area contributed by atoms with Gasteiger partial charge in [-0.05, 0) is 30.5 Å². The van der Waals surface area contributed by atoms with Crippen molar-refractivity contribution in [2.45, 2.75) is 96.8 Å². The molecule has 0 fully saturated rings. The molecule has 0 aliphatic carbocycles. The van der Waals surface area contributed by atoms with Crippen LogP contribution in [0.2, 0.25) is 0 Å². The Morgan fingerprint density at radius 3 is 1.78 bits per heavy atom. The van der Waals surface area contributed by atoms with Crippen LogP contribution in [-0.2, 0) is 6.42 Å². The fourth-order valence-electron chi connectivity index (χ4n) is 3.14. The van der Waals surface area contributed by atoms with Gasteiger partial charge in [0.15, 0.2) is 0 Å². The number of rotatable bonds is 15. The molecule has 1 aromatic carbocycles. The van der Waals surface area contributed by atoms with E-state index in [0.29, 0.717) is 0 Å². The van der Waals surface area contributed by atoms with Crippen LogP contribution in [0.1, 0.15) is 96.0 Å². The molecule has 1 rings (SSSR count). The summed E-state index contributed by atoms with van der Waals surface area (Å²) in [7, 11) is 3.47. The minimum Gasteiger partial charge on any atom is -0.490 e. The maximum absolute atomic E-state index is 5.02. The Bertz CT molecular complexity index is 372. The van der Waals surface area contributed by atoms with E-state index in [-0.39, 0.29) is 0 Å². The van der Waals surface area contributed by atoms with Crippen molar-refractivity contribution in [1.29, 1.82) is 0 Å². The Morgan fingerprint density at radius 1 is 0.739 bits per heavy atom. The van der Waals surface area contributed by atoms with Crippen molar-refractivity contribution < 1.29 is 4.74 Å². The topological polar surface area (TPSA) is 9.23 Å². The molecule has 0 bridgehead atoms. The van der Waals surface area contributed by atoms with Crippen LogP contribution in [0.5, 0.6) is 5.75 Å². The number of benzene rings is 1. The molecule has 0 amide bonds. The first kappa shape index (κ1) is 20.1. The fourth-order valence-corrected chi connectivity index (χ4v) is 3.14. The maximum Gasteiger partial charge on any atom is 0.122 e. The third-order valence-corrected chi connectivity index (χ3v) is 4.63. The SMILES string of the molecule is [CH2]Oc1cccc(CCCCCCCCCCCCCCC)c1. The molecule has 131 valence electrons. The molecule has 0 aromatic heterocycles. The standard InChI is InChI=1S/C22H37O/c1-3-4-5-6-7-8-9-10-11-12-13-14-15-17-21-18-16-19-22(20-21)23-2/h16,18-20H,2-15,17H2,1H3. The number of unbranched alkanes of at least 4 members (excludes halogenated alkanes) is 12. The monoisotopic (exact) mass is 317 g/mol. The van der Waals surface area contributed by atoms with Crippen molar-refractivity contribution in [3.8, 4) is 5.75 Å². The molecule has 1 aromatic rings. The molecule has 0 N–H and O–H groups in total. The van der Waals surface area contributed by atoms with E-state index in [0.717, 1.165) is 12.2 Å². The summed E-state index contributed by atoms with van der Waals surface area (Å²) in [6.07, 6.45) is 19.5. The minimum atomic E-state index is 0.872. The van der Waals surface area contributed by atoms with Gasteiger partial charge in [-0.2, -0.15) is 0 Å². The van der Waals surface area contributed by atoms with Gasteiger partial charge in [0.1, 0.15) is 12.9 Å². The molecule has 23 heavy (non-hydrogen) atoms. The minimum absolute atomic E-state index is 0.872. The molecule has 0 unspecified atom stereocenters. The molecule has 0 saturated heterocycles. The van der Waals surface area contributed by atoms with E-state index >= 15 is 0 Å². The smallest absolute Gasteiger partial charge is 0.122 e. The predicted octanol–water partition coefficient (Wildman–Crippen LogP) is 7.49. The molecule has 0 saturated carbocycles. The van der Waals surface area contributed by atoms with E-state index in [2.05, 4.69) is 32.2 Å². The van der Waals surface area contributed by atoms with Crippen LogP contribution < -0.4 is 4.74 Å². The van der Waals surface area contributed by atoms with E-state index in [1.54, 1.807) is 0 Å². The highest BCUT2D eigenvalue weighted by Gasteiger charge is 1.97.